The van der Waals surface area contributed by atoms with Gasteiger partial charge in [0, 0.05) is 28.5 Å². The molecule has 0 fully saturated rings. The van der Waals surface area contributed by atoms with E-state index < -0.39 is 40.5 Å². The van der Waals surface area contributed by atoms with Crippen LogP contribution in [0.4, 0.5) is 0 Å². The molecule has 10 heteroatoms. The molecule has 0 spiro atoms. The number of ether oxygens (including phenoxy) is 1. The molecule has 1 aromatic carbocycles. The van der Waals surface area contributed by atoms with Crippen LogP contribution in [0.3, 0.4) is 0 Å². The van der Waals surface area contributed by atoms with Gasteiger partial charge in [-0.3, -0.25) is 9.59 Å². The summed E-state index contributed by atoms with van der Waals surface area (Å²) in [6.45, 7) is 7.18. The number of hydrogen-bond acceptors (Lipinski definition) is 6. The van der Waals surface area contributed by atoms with E-state index in [9.17, 15) is 23.1 Å². The summed E-state index contributed by atoms with van der Waals surface area (Å²) >= 11 is 5.77. The molecule has 0 aliphatic rings. The summed E-state index contributed by atoms with van der Waals surface area (Å²) in [5.74, 6) is -1.46. The number of rotatable bonds is 10. The number of nitrogens with one attached hydrogen (secondary N) is 1. The van der Waals surface area contributed by atoms with E-state index in [1.54, 1.807) is 6.07 Å². The highest BCUT2D eigenvalue weighted by atomic mass is 35.5. The van der Waals surface area contributed by atoms with Crippen molar-refractivity contribution in [2.24, 2.45) is 0 Å². The fourth-order valence-corrected chi connectivity index (χ4v) is 4.53. The van der Waals surface area contributed by atoms with E-state index in [4.69, 9.17) is 16.3 Å². The Morgan fingerprint density at radius 2 is 1.84 bits per heavy atom. The molecule has 0 bridgehead atoms. The minimum Gasteiger partial charge on any atom is -0.456 e. The zero-order valence-electron chi connectivity index (χ0n) is 17.9. The number of carbonyl (C=O) groups excluding carboxylic acids is 2. The Morgan fingerprint density at radius 3 is 2.39 bits per heavy atom. The van der Waals surface area contributed by atoms with Gasteiger partial charge in [-0.15, -0.1) is 0 Å². The van der Waals surface area contributed by atoms with E-state index in [-0.39, 0.29) is 4.90 Å². The van der Waals surface area contributed by atoms with Crippen molar-refractivity contribution in [2.75, 3.05) is 6.61 Å². The van der Waals surface area contributed by atoms with Crippen LogP contribution in [0.2, 0.25) is 5.02 Å². The molecule has 2 N–H and O–H groups in total. The summed E-state index contributed by atoms with van der Waals surface area (Å²) in [5, 5.41) is 10.3. The number of aromatic nitrogens is 1. The Hall–Kier alpha value is -2.20. The molecular weight excluding hydrogens is 444 g/mol. The topological polar surface area (TPSA) is 115 Å². The van der Waals surface area contributed by atoms with Crippen LogP contribution in [0.1, 0.15) is 42.0 Å². The Bertz CT molecular complexity index is 1040. The normalized spacial score (nSPS) is 13.6. The fourth-order valence-electron chi connectivity index (χ4n) is 3.15. The van der Waals surface area contributed by atoms with Crippen LogP contribution in [-0.4, -0.2) is 48.6 Å². The van der Waals surface area contributed by atoms with Gasteiger partial charge in [-0.05, 0) is 57.5 Å². The summed E-state index contributed by atoms with van der Waals surface area (Å²) in [5.41, 5.74) is 2.14. The zero-order valence-corrected chi connectivity index (χ0v) is 19.5. The Kier molecular flexibility index (Phi) is 8.41. The molecule has 0 radical (unpaired) electrons. The predicted octanol–water partition coefficient (Wildman–Crippen LogP) is 2.62. The highest BCUT2D eigenvalue weighted by Gasteiger charge is 2.31. The highest BCUT2D eigenvalue weighted by Crippen LogP contribution is 2.17. The number of carbonyl (C=O) groups is 2. The van der Waals surface area contributed by atoms with E-state index in [0.29, 0.717) is 10.6 Å². The van der Waals surface area contributed by atoms with E-state index in [1.165, 1.54) is 31.2 Å². The molecule has 2 atom stereocenters. The van der Waals surface area contributed by atoms with Gasteiger partial charge in [-0.2, -0.15) is 4.72 Å². The lowest BCUT2D eigenvalue weighted by atomic mass is 10.1. The van der Waals surface area contributed by atoms with E-state index in [2.05, 4.69) is 4.72 Å². The van der Waals surface area contributed by atoms with Gasteiger partial charge in [0.2, 0.25) is 15.8 Å². The van der Waals surface area contributed by atoms with Crippen molar-refractivity contribution < 1.29 is 27.9 Å². The van der Waals surface area contributed by atoms with Crippen molar-refractivity contribution in [3.8, 4) is 0 Å². The maximum Gasteiger partial charge on any atom is 0.327 e. The van der Waals surface area contributed by atoms with Gasteiger partial charge in [0.25, 0.3) is 0 Å². The minimum atomic E-state index is -4.13. The summed E-state index contributed by atoms with van der Waals surface area (Å²) < 4.78 is 34.2. The van der Waals surface area contributed by atoms with Crippen LogP contribution in [0, 0.1) is 13.8 Å². The molecule has 1 aromatic heterocycles. The summed E-state index contributed by atoms with van der Waals surface area (Å²) in [6.07, 6.45) is -0.484. The third-order valence-electron chi connectivity index (χ3n) is 4.81. The maximum atomic E-state index is 12.6. The average molecular weight is 471 g/mol. The average Bonchev–Trinajstić information content (AvgIpc) is 2.99. The number of nitrogens with zero attached hydrogens (tertiary/aromatic N) is 1. The number of aliphatic hydroxyl groups is 1. The lowest BCUT2D eigenvalue weighted by Crippen LogP contribution is -2.48. The summed E-state index contributed by atoms with van der Waals surface area (Å²) in [7, 11) is -4.13. The lowest BCUT2D eigenvalue weighted by Gasteiger charge is -2.20. The Labute approximate surface area is 187 Å². The molecular formula is C21H27ClN2O6S. The highest BCUT2D eigenvalue weighted by molar-refractivity contribution is 7.89. The molecule has 170 valence electrons. The van der Waals surface area contributed by atoms with Crippen LogP contribution in [0.5, 0.6) is 0 Å². The first kappa shape index (κ1) is 25.1. The molecule has 2 rings (SSSR count). The SMILES string of the molecule is CCCn1c(C)cc(C(=O)COC(=O)[C@H](NS(=O)(=O)c2ccc(Cl)cc2)[C@H](C)O)c1C. The largest absolute Gasteiger partial charge is 0.456 e. The molecule has 1 heterocycles. The molecule has 2 aromatic rings. The van der Waals surface area contributed by atoms with Crippen LogP contribution in [-0.2, 0) is 26.1 Å². The van der Waals surface area contributed by atoms with Crippen molar-refractivity contribution >= 4 is 33.4 Å². The molecule has 0 saturated heterocycles. The summed E-state index contributed by atoms with van der Waals surface area (Å²) in [4.78, 5) is 24.9. The van der Waals surface area contributed by atoms with Crippen LogP contribution >= 0.6 is 11.6 Å². The first-order chi connectivity index (χ1) is 14.5. The van der Waals surface area contributed by atoms with E-state index in [1.807, 2.05) is 25.3 Å². The number of ketones is 1. The fraction of sp³-hybridized carbons (Fsp3) is 0.429. The Morgan fingerprint density at radius 1 is 1.23 bits per heavy atom. The van der Waals surface area contributed by atoms with Gasteiger partial charge in [-0.25, -0.2) is 8.42 Å². The first-order valence-corrected chi connectivity index (χ1v) is 11.7. The monoisotopic (exact) mass is 470 g/mol. The van der Waals surface area contributed by atoms with Crippen molar-refractivity contribution in [2.45, 2.75) is 57.7 Å². The molecule has 0 amide bonds. The molecule has 0 aliphatic heterocycles. The van der Waals surface area contributed by atoms with Gasteiger partial charge in [-0.1, -0.05) is 18.5 Å². The van der Waals surface area contributed by atoms with Crippen LogP contribution in [0.25, 0.3) is 0 Å². The number of esters is 1. The second-order valence-corrected chi connectivity index (χ2v) is 9.41. The molecule has 31 heavy (non-hydrogen) atoms. The Balaban J connectivity index is 2.10. The maximum absolute atomic E-state index is 12.6. The van der Waals surface area contributed by atoms with Crippen LogP contribution < -0.4 is 4.72 Å². The smallest absolute Gasteiger partial charge is 0.327 e. The number of benzene rings is 1. The first-order valence-electron chi connectivity index (χ1n) is 9.80. The number of halogens is 1. The van der Waals surface area contributed by atoms with Gasteiger partial charge in [0.1, 0.15) is 6.04 Å². The van der Waals surface area contributed by atoms with Gasteiger partial charge >= 0.3 is 5.97 Å². The minimum absolute atomic E-state index is 0.130. The van der Waals surface area contributed by atoms with Crippen molar-refractivity contribution in [3.63, 3.8) is 0 Å². The van der Waals surface area contributed by atoms with E-state index in [0.717, 1.165) is 24.4 Å². The van der Waals surface area contributed by atoms with Gasteiger partial charge < -0.3 is 14.4 Å². The third-order valence-corrected chi connectivity index (χ3v) is 6.52. The van der Waals surface area contributed by atoms with Crippen molar-refractivity contribution in [1.82, 2.24) is 9.29 Å². The van der Waals surface area contributed by atoms with Gasteiger partial charge in [0.15, 0.2) is 6.61 Å². The standard InChI is InChI=1S/C21H27ClN2O6S/c1-5-10-24-13(2)11-18(14(24)3)19(26)12-30-21(27)20(15(4)25)23-31(28,29)17-8-6-16(22)7-9-17/h6-9,11,15,20,23,25H,5,10,12H2,1-4H3/t15-,20+/m0/s1. The second-order valence-electron chi connectivity index (χ2n) is 7.26. The molecule has 8 nitrogen and oxygen atoms in total. The van der Waals surface area contributed by atoms with Crippen molar-refractivity contribution in [1.29, 1.82) is 0 Å². The number of aryl methyl sites for hydroxylation is 1. The number of sulfonamides is 1. The van der Waals surface area contributed by atoms with Gasteiger partial charge in [0.05, 0.1) is 11.0 Å². The zero-order chi connectivity index (χ0) is 23.3. The second kappa shape index (κ2) is 10.4. The lowest BCUT2D eigenvalue weighted by molar-refractivity contribution is -0.147. The number of Topliss-reactive ketones (excluding diaryl/α,β-unsaturated/α-hetero) is 1. The number of aliphatic hydroxyl groups excluding tert-OH is 1. The molecule has 0 saturated carbocycles. The quantitative estimate of drug-likeness (QED) is 0.407. The summed E-state index contributed by atoms with van der Waals surface area (Å²) in [6, 6.07) is 5.46. The third kappa shape index (κ3) is 6.16. The van der Waals surface area contributed by atoms with E-state index >= 15 is 0 Å². The predicted molar refractivity (Wildman–Crippen MR) is 117 cm³/mol. The van der Waals surface area contributed by atoms with Crippen LogP contribution in [0.15, 0.2) is 35.2 Å². The molecule has 0 unspecified atom stereocenters. The molecule has 0 aliphatic carbocycles. The van der Waals surface area contributed by atoms with Crippen molar-refractivity contribution in [3.05, 3.63) is 52.3 Å². The number of hydrogen-bond donors (Lipinski definition) is 2.